The molecule has 0 unspecified atom stereocenters. The van der Waals surface area contributed by atoms with Gasteiger partial charge in [-0.05, 0) is 36.4 Å². The number of rotatable bonds is 5. The quantitative estimate of drug-likeness (QED) is 0.880. The van der Waals surface area contributed by atoms with Crippen LogP contribution in [0.5, 0.6) is 5.75 Å². The topological polar surface area (TPSA) is 70.7 Å². The summed E-state index contributed by atoms with van der Waals surface area (Å²) in [6.07, 6.45) is 0.428. The van der Waals surface area contributed by atoms with E-state index in [0.717, 1.165) is 17.1 Å². The predicted octanol–water partition coefficient (Wildman–Crippen LogP) is 2.87. The molecule has 6 heteroatoms. The Hall–Kier alpha value is -3.02. The van der Waals surface area contributed by atoms with Gasteiger partial charge in [-0.15, -0.1) is 0 Å². The van der Waals surface area contributed by atoms with E-state index in [9.17, 15) is 9.59 Å². The Morgan fingerprint density at radius 2 is 1.88 bits per heavy atom. The van der Waals surface area contributed by atoms with Crippen LogP contribution in [-0.4, -0.2) is 32.1 Å². The fourth-order valence-corrected chi connectivity index (χ4v) is 2.86. The third-order valence-corrected chi connectivity index (χ3v) is 4.17. The lowest BCUT2D eigenvalue weighted by molar-refractivity contribution is -0.117. The second-order valence-electron chi connectivity index (χ2n) is 5.97. The maximum absolute atomic E-state index is 12.2. The molecular weight excluding hydrogens is 318 g/mol. The molecule has 0 aliphatic carbocycles. The van der Waals surface area contributed by atoms with Gasteiger partial charge in [0.05, 0.1) is 7.11 Å². The Kier molecular flexibility index (Phi) is 5.18. The number of anilines is 2. The van der Waals surface area contributed by atoms with Gasteiger partial charge in [-0.3, -0.25) is 4.79 Å². The van der Waals surface area contributed by atoms with Crippen LogP contribution in [-0.2, 0) is 4.79 Å². The molecule has 3 amide bonds. The molecule has 1 heterocycles. The van der Waals surface area contributed by atoms with Crippen molar-refractivity contribution in [2.75, 3.05) is 30.4 Å². The fourth-order valence-electron chi connectivity index (χ4n) is 2.86. The van der Waals surface area contributed by atoms with Crippen molar-refractivity contribution < 1.29 is 14.3 Å². The maximum atomic E-state index is 12.2. The Labute approximate surface area is 146 Å². The van der Waals surface area contributed by atoms with Crippen LogP contribution in [0.3, 0.4) is 0 Å². The molecule has 0 saturated carbocycles. The molecular formula is C19H21N3O3. The summed E-state index contributed by atoms with van der Waals surface area (Å²) in [5.74, 6) is 0.919. The standard InChI is InChI=1S/C19H21N3O3/c1-25-17-9-7-16(8-10-17)22-13-14(11-18(22)23)12-20-19(24)21-15-5-3-2-4-6-15/h2-10,14H,11-13H2,1H3,(H2,20,21,24)/t14-/m0/s1. The van der Waals surface area contributed by atoms with Crippen molar-refractivity contribution in [1.82, 2.24) is 5.32 Å². The van der Waals surface area contributed by atoms with Crippen molar-refractivity contribution in [2.45, 2.75) is 6.42 Å². The van der Waals surface area contributed by atoms with Crippen LogP contribution in [0.4, 0.5) is 16.2 Å². The summed E-state index contributed by atoms with van der Waals surface area (Å²) >= 11 is 0. The molecule has 1 atom stereocenters. The minimum Gasteiger partial charge on any atom is -0.497 e. The fraction of sp³-hybridized carbons (Fsp3) is 0.263. The molecule has 25 heavy (non-hydrogen) atoms. The predicted molar refractivity (Wildman–Crippen MR) is 96.9 cm³/mol. The molecule has 1 aliphatic heterocycles. The molecule has 1 fully saturated rings. The van der Waals surface area contributed by atoms with Gasteiger partial charge in [0.2, 0.25) is 5.91 Å². The van der Waals surface area contributed by atoms with Crippen LogP contribution in [0.2, 0.25) is 0 Å². The number of para-hydroxylation sites is 1. The van der Waals surface area contributed by atoms with Gasteiger partial charge in [-0.25, -0.2) is 4.79 Å². The molecule has 0 bridgehead atoms. The second kappa shape index (κ2) is 7.70. The zero-order valence-electron chi connectivity index (χ0n) is 14.1. The molecule has 1 aliphatic rings. The first-order valence-corrected chi connectivity index (χ1v) is 8.20. The Bertz CT molecular complexity index is 731. The average molecular weight is 339 g/mol. The summed E-state index contributed by atoms with van der Waals surface area (Å²) in [6, 6.07) is 16.4. The monoisotopic (exact) mass is 339 g/mol. The minimum atomic E-state index is -0.262. The van der Waals surface area contributed by atoms with E-state index in [1.807, 2.05) is 54.6 Å². The highest BCUT2D eigenvalue weighted by atomic mass is 16.5. The van der Waals surface area contributed by atoms with Gasteiger partial charge in [0.25, 0.3) is 0 Å². The van der Waals surface area contributed by atoms with E-state index >= 15 is 0 Å². The van der Waals surface area contributed by atoms with E-state index in [4.69, 9.17) is 4.74 Å². The molecule has 1 saturated heterocycles. The average Bonchev–Trinajstić information content (AvgIpc) is 3.02. The summed E-state index contributed by atoms with van der Waals surface area (Å²) in [5.41, 5.74) is 1.59. The van der Waals surface area contributed by atoms with Gasteiger partial charge in [0.1, 0.15) is 5.75 Å². The highest BCUT2D eigenvalue weighted by molar-refractivity contribution is 5.96. The van der Waals surface area contributed by atoms with Crippen LogP contribution in [0.25, 0.3) is 0 Å². The van der Waals surface area contributed by atoms with Crippen molar-refractivity contribution in [3.63, 3.8) is 0 Å². The molecule has 0 radical (unpaired) electrons. The molecule has 0 spiro atoms. The van der Waals surface area contributed by atoms with Crippen molar-refractivity contribution in [3.05, 3.63) is 54.6 Å². The number of hydrogen-bond donors (Lipinski definition) is 2. The molecule has 130 valence electrons. The van der Waals surface area contributed by atoms with Gasteiger partial charge in [-0.1, -0.05) is 18.2 Å². The lowest BCUT2D eigenvalue weighted by Crippen LogP contribution is -2.34. The Balaban J connectivity index is 1.51. The highest BCUT2D eigenvalue weighted by Gasteiger charge is 2.30. The number of hydrogen-bond acceptors (Lipinski definition) is 3. The van der Waals surface area contributed by atoms with Crippen molar-refractivity contribution in [2.24, 2.45) is 5.92 Å². The third kappa shape index (κ3) is 4.29. The van der Waals surface area contributed by atoms with Gasteiger partial charge < -0.3 is 20.3 Å². The Morgan fingerprint density at radius 1 is 1.16 bits per heavy atom. The van der Waals surface area contributed by atoms with Gasteiger partial charge >= 0.3 is 6.03 Å². The molecule has 6 nitrogen and oxygen atoms in total. The first-order chi connectivity index (χ1) is 12.2. The van der Waals surface area contributed by atoms with Crippen LogP contribution in [0.1, 0.15) is 6.42 Å². The van der Waals surface area contributed by atoms with Crippen LogP contribution < -0.4 is 20.3 Å². The first kappa shape index (κ1) is 16.8. The zero-order valence-corrected chi connectivity index (χ0v) is 14.1. The van der Waals surface area contributed by atoms with Gasteiger partial charge in [0, 0.05) is 36.8 Å². The number of nitrogens with one attached hydrogen (secondary N) is 2. The van der Waals surface area contributed by atoms with E-state index in [2.05, 4.69) is 10.6 Å². The van der Waals surface area contributed by atoms with E-state index in [1.54, 1.807) is 12.0 Å². The van der Waals surface area contributed by atoms with Crippen molar-refractivity contribution in [1.29, 1.82) is 0 Å². The number of benzene rings is 2. The van der Waals surface area contributed by atoms with Gasteiger partial charge in [-0.2, -0.15) is 0 Å². The number of amides is 3. The largest absolute Gasteiger partial charge is 0.497 e. The van der Waals surface area contributed by atoms with Crippen LogP contribution in [0, 0.1) is 5.92 Å². The summed E-state index contributed by atoms with van der Waals surface area (Å²) in [4.78, 5) is 25.9. The lowest BCUT2D eigenvalue weighted by atomic mass is 10.1. The van der Waals surface area contributed by atoms with Gasteiger partial charge in [0.15, 0.2) is 0 Å². The maximum Gasteiger partial charge on any atom is 0.319 e. The number of carbonyl (C=O) groups excluding carboxylic acids is 2. The third-order valence-electron chi connectivity index (χ3n) is 4.17. The number of ether oxygens (including phenoxy) is 1. The lowest BCUT2D eigenvalue weighted by Gasteiger charge is -2.17. The molecule has 3 rings (SSSR count). The molecule has 2 N–H and O–H groups in total. The van der Waals surface area contributed by atoms with Crippen molar-refractivity contribution >= 4 is 23.3 Å². The molecule has 2 aromatic rings. The number of urea groups is 1. The smallest absolute Gasteiger partial charge is 0.319 e. The van der Waals surface area contributed by atoms with Crippen molar-refractivity contribution in [3.8, 4) is 5.75 Å². The molecule has 0 aromatic heterocycles. The summed E-state index contributed by atoms with van der Waals surface area (Å²) < 4.78 is 5.14. The van der Waals surface area contributed by atoms with Crippen LogP contribution >= 0.6 is 0 Å². The number of nitrogens with zero attached hydrogens (tertiary/aromatic N) is 1. The van der Waals surface area contributed by atoms with E-state index < -0.39 is 0 Å². The zero-order chi connectivity index (χ0) is 17.6. The van der Waals surface area contributed by atoms with E-state index in [0.29, 0.717) is 19.5 Å². The highest BCUT2D eigenvalue weighted by Crippen LogP contribution is 2.26. The van der Waals surface area contributed by atoms with E-state index in [-0.39, 0.29) is 17.9 Å². The minimum absolute atomic E-state index is 0.0698. The normalized spacial score (nSPS) is 16.6. The summed E-state index contributed by atoms with van der Waals surface area (Å²) in [6.45, 7) is 1.05. The van der Waals surface area contributed by atoms with E-state index in [1.165, 1.54) is 0 Å². The first-order valence-electron chi connectivity index (χ1n) is 8.20. The number of methoxy groups -OCH3 is 1. The summed E-state index contributed by atoms with van der Waals surface area (Å²) in [5, 5.41) is 5.61. The van der Waals surface area contributed by atoms with Crippen LogP contribution in [0.15, 0.2) is 54.6 Å². The summed E-state index contributed by atoms with van der Waals surface area (Å²) in [7, 11) is 1.61. The molecule has 2 aromatic carbocycles. The SMILES string of the molecule is COc1ccc(N2C[C@H](CNC(=O)Nc3ccccc3)CC2=O)cc1. The Morgan fingerprint density at radius 3 is 2.56 bits per heavy atom. The second-order valence-corrected chi connectivity index (χ2v) is 5.97. The number of carbonyl (C=O) groups is 2.